The van der Waals surface area contributed by atoms with Crippen molar-refractivity contribution in [2.75, 3.05) is 39.9 Å². The van der Waals surface area contributed by atoms with Gasteiger partial charge in [-0.2, -0.15) is 0 Å². The highest BCUT2D eigenvalue weighted by Crippen LogP contribution is 2.22. The van der Waals surface area contributed by atoms with Gasteiger partial charge in [0.25, 0.3) is 0 Å². The van der Waals surface area contributed by atoms with Crippen LogP contribution in [0.2, 0.25) is 0 Å². The summed E-state index contributed by atoms with van der Waals surface area (Å²) in [5.41, 5.74) is 3.31. The molecule has 1 fully saturated rings. The van der Waals surface area contributed by atoms with E-state index in [1.165, 1.54) is 17.2 Å². The number of nitrogens with one attached hydrogen (secondary N) is 2. The van der Waals surface area contributed by atoms with E-state index in [4.69, 9.17) is 4.74 Å². The summed E-state index contributed by atoms with van der Waals surface area (Å²) in [6.07, 6.45) is 0. The van der Waals surface area contributed by atoms with Gasteiger partial charge in [-0.1, -0.05) is 50.2 Å². The third-order valence-corrected chi connectivity index (χ3v) is 5.59. The molecule has 1 saturated heterocycles. The SMILES string of the molecule is CN=C(NCc1ccccc1CN1CCOCC1)NCC(C)(C)c1cccc(F)c1. The molecule has 5 nitrogen and oxygen atoms in total. The van der Waals surface area contributed by atoms with Gasteiger partial charge in [-0.15, -0.1) is 0 Å². The van der Waals surface area contributed by atoms with Crippen LogP contribution in [0, 0.1) is 5.82 Å². The summed E-state index contributed by atoms with van der Waals surface area (Å²) < 4.78 is 19.1. The minimum atomic E-state index is -0.228. The van der Waals surface area contributed by atoms with Crippen LogP contribution in [0.15, 0.2) is 53.5 Å². The summed E-state index contributed by atoms with van der Waals surface area (Å²) in [6.45, 7) is 10.0. The lowest BCUT2D eigenvalue weighted by molar-refractivity contribution is 0.0341. The number of guanidine groups is 1. The maximum atomic E-state index is 13.6. The Bertz CT molecular complexity index is 847. The van der Waals surface area contributed by atoms with Gasteiger partial charge >= 0.3 is 0 Å². The number of morpholine rings is 1. The minimum absolute atomic E-state index is 0.208. The highest BCUT2D eigenvalue weighted by atomic mass is 19.1. The lowest BCUT2D eigenvalue weighted by Gasteiger charge is -2.28. The van der Waals surface area contributed by atoms with Gasteiger partial charge in [-0.25, -0.2) is 4.39 Å². The summed E-state index contributed by atoms with van der Waals surface area (Å²) in [5, 5.41) is 6.81. The van der Waals surface area contributed by atoms with E-state index in [-0.39, 0.29) is 11.2 Å². The fourth-order valence-electron chi connectivity index (χ4n) is 3.60. The number of ether oxygens (including phenoxy) is 1. The molecule has 0 aromatic heterocycles. The van der Waals surface area contributed by atoms with Crippen LogP contribution < -0.4 is 10.6 Å². The van der Waals surface area contributed by atoms with Crippen molar-refractivity contribution in [3.8, 4) is 0 Å². The highest BCUT2D eigenvalue weighted by Gasteiger charge is 2.21. The van der Waals surface area contributed by atoms with Gasteiger partial charge in [0, 0.05) is 45.2 Å². The van der Waals surface area contributed by atoms with E-state index < -0.39 is 0 Å². The number of nitrogens with zero attached hydrogens (tertiary/aromatic N) is 2. The van der Waals surface area contributed by atoms with Crippen molar-refractivity contribution in [2.45, 2.75) is 32.4 Å². The van der Waals surface area contributed by atoms with Crippen LogP contribution in [0.5, 0.6) is 0 Å². The van der Waals surface area contributed by atoms with Gasteiger partial charge in [-0.05, 0) is 28.8 Å². The van der Waals surface area contributed by atoms with Gasteiger partial charge in [0.15, 0.2) is 5.96 Å². The number of rotatable bonds is 7. The molecule has 2 aromatic rings. The van der Waals surface area contributed by atoms with Crippen molar-refractivity contribution in [3.05, 3.63) is 71.0 Å². The maximum absolute atomic E-state index is 13.6. The monoisotopic (exact) mass is 412 g/mol. The van der Waals surface area contributed by atoms with Gasteiger partial charge in [0.1, 0.15) is 5.82 Å². The summed E-state index contributed by atoms with van der Waals surface area (Å²) in [6, 6.07) is 15.3. The Labute approximate surface area is 179 Å². The molecule has 1 aliphatic rings. The predicted octanol–water partition coefficient (Wildman–Crippen LogP) is 3.30. The summed E-state index contributed by atoms with van der Waals surface area (Å²) >= 11 is 0. The zero-order chi connectivity index (χ0) is 21.4. The van der Waals surface area contributed by atoms with E-state index >= 15 is 0 Å². The molecule has 0 radical (unpaired) electrons. The van der Waals surface area contributed by atoms with Crippen LogP contribution in [-0.2, 0) is 23.2 Å². The van der Waals surface area contributed by atoms with Gasteiger partial charge in [0.2, 0.25) is 0 Å². The number of halogens is 1. The van der Waals surface area contributed by atoms with Crippen molar-refractivity contribution in [3.63, 3.8) is 0 Å². The second-order valence-electron chi connectivity index (χ2n) is 8.33. The Morgan fingerprint density at radius 2 is 1.80 bits per heavy atom. The van der Waals surface area contributed by atoms with Crippen LogP contribution in [0.4, 0.5) is 4.39 Å². The van der Waals surface area contributed by atoms with E-state index in [1.54, 1.807) is 19.2 Å². The van der Waals surface area contributed by atoms with Crippen LogP contribution in [0.1, 0.15) is 30.5 Å². The second-order valence-corrected chi connectivity index (χ2v) is 8.33. The average molecular weight is 413 g/mol. The lowest BCUT2D eigenvalue weighted by atomic mass is 9.84. The Kier molecular flexibility index (Phi) is 7.82. The molecule has 1 heterocycles. The van der Waals surface area contributed by atoms with Gasteiger partial charge in [-0.3, -0.25) is 9.89 Å². The second kappa shape index (κ2) is 10.5. The molecule has 0 unspecified atom stereocenters. The van der Waals surface area contributed by atoms with Gasteiger partial charge < -0.3 is 15.4 Å². The topological polar surface area (TPSA) is 48.9 Å². The van der Waals surface area contributed by atoms with Crippen LogP contribution in [-0.4, -0.2) is 50.8 Å². The first-order valence-corrected chi connectivity index (χ1v) is 10.6. The van der Waals surface area contributed by atoms with Crippen LogP contribution in [0.25, 0.3) is 0 Å². The highest BCUT2D eigenvalue weighted by molar-refractivity contribution is 5.79. The average Bonchev–Trinajstić information content (AvgIpc) is 2.75. The molecule has 30 heavy (non-hydrogen) atoms. The van der Waals surface area contributed by atoms with E-state index in [9.17, 15) is 4.39 Å². The van der Waals surface area contributed by atoms with E-state index in [0.717, 1.165) is 44.4 Å². The van der Waals surface area contributed by atoms with E-state index in [1.807, 2.05) is 6.07 Å². The molecule has 0 amide bonds. The molecule has 0 spiro atoms. The van der Waals surface area contributed by atoms with Crippen molar-refractivity contribution in [1.29, 1.82) is 0 Å². The molecule has 162 valence electrons. The first-order chi connectivity index (χ1) is 14.5. The molecular formula is C24H33FN4O. The third-order valence-electron chi connectivity index (χ3n) is 5.59. The van der Waals surface area contributed by atoms with Crippen molar-refractivity contribution < 1.29 is 9.13 Å². The normalized spacial score (nSPS) is 15.8. The molecule has 2 aromatic carbocycles. The van der Waals surface area contributed by atoms with Crippen molar-refractivity contribution >= 4 is 5.96 Å². The Balaban J connectivity index is 1.57. The molecule has 0 atom stereocenters. The Morgan fingerprint density at radius 3 is 2.50 bits per heavy atom. The first kappa shape index (κ1) is 22.2. The maximum Gasteiger partial charge on any atom is 0.191 e. The number of hydrogen-bond donors (Lipinski definition) is 2. The standard InChI is InChI=1S/C24H33FN4O/c1-24(2,21-9-6-10-22(25)15-21)18-28-23(26-3)27-16-19-7-4-5-8-20(19)17-29-11-13-30-14-12-29/h4-10,15H,11-14,16-18H2,1-3H3,(H2,26,27,28). The molecular weight excluding hydrogens is 379 g/mol. The molecule has 1 aliphatic heterocycles. The largest absolute Gasteiger partial charge is 0.379 e. The van der Waals surface area contributed by atoms with Gasteiger partial charge in [0.05, 0.1) is 13.2 Å². The zero-order valence-corrected chi connectivity index (χ0v) is 18.2. The fraction of sp³-hybridized carbons (Fsp3) is 0.458. The van der Waals surface area contributed by atoms with Crippen LogP contribution >= 0.6 is 0 Å². The van der Waals surface area contributed by atoms with E-state index in [0.29, 0.717) is 13.1 Å². The van der Waals surface area contributed by atoms with Crippen LogP contribution in [0.3, 0.4) is 0 Å². The van der Waals surface area contributed by atoms with Crippen molar-refractivity contribution in [1.82, 2.24) is 15.5 Å². The Morgan fingerprint density at radius 1 is 1.07 bits per heavy atom. The number of hydrogen-bond acceptors (Lipinski definition) is 3. The predicted molar refractivity (Wildman–Crippen MR) is 120 cm³/mol. The summed E-state index contributed by atoms with van der Waals surface area (Å²) in [7, 11) is 1.77. The summed E-state index contributed by atoms with van der Waals surface area (Å²) in [5.74, 6) is 0.528. The fourth-order valence-corrected chi connectivity index (χ4v) is 3.60. The molecule has 6 heteroatoms. The zero-order valence-electron chi connectivity index (χ0n) is 18.2. The molecule has 0 saturated carbocycles. The van der Waals surface area contributed by atoms with E-state index in [2.05, 4.69) is 58.6 Å². The minimum Gasteiger partial charge on any atom is -0.379 e. The smallest absolute Gasteiger partial charge is 0.191 e. The number of aliphatic imine (C=N–C) groups is 1. The molecule has 2 N–H and O–H groups in total. The molecule has 3 rings (SSSR count). The quantitative estimate of drug-likeness (QED) is 0.541. The molecule has 0 aliphatic carbocycles. The third kappa shape index (κ3) is 6.28. The first-order valence-electron chi connectivity index (χ1n) is 10.6. The number of benzene rings is 2. The van der Waals surface area contributed by atoms with Crippen molar-refractivity contribution in [2.24, 2.45) is 4.99 Å². The Hall–Kier alpha value is -2.44. The lowest BCUT2D eigenvalue weighted by Crippen LogP contribution is -2.43. The summed E-state index contributed by atoms with van der Waals surface area (Å²) in [4.78, 5) is 6.78. The molecule has 0 bridgehead atoms.